The van der Waals surface area contributed by atoms with Crippen molar-refractivity contribution < 1.29 is 9.47 Å². The molecule has 2 aromatic heterocycles. The van der Waals surface area contributed by atoms with Crippen molar-refractivity contribution in [2.24, 2.45) is 0 Å². The average molecular weight is 517 g/mol. The number of benzene rings is 4. The summed E-state index contributed by atoms with van der Waals surface area (Å²) in [7, 11) is 0. The van der Waals surface area contributed by atoms with Crippen LogP contribution in [-0.4, -0.2) is 35.6 Å². The van der Waals surface area contributed by atoms with Crippen LogP contribution in [0, 0.1) is 0 Å². The lowest BCUT2D eigenvalue weighted by Gasteiger charge is -2.10. The molecular formula is C30H26Cl2N2O2. The van der Waals surface area contributed by atoms with Gasteiger partial charge in [-0.1, -0.05) is 59.6 Å². The summed E-state index contributed by atoms with van der Waals surface area (Å²) in [5.74, 6) is 0. The van der Waals surface area contributed by atoms with E-state index >= 15 is 0 Å². The number of nitrogens with zero attached hydrogens (tertiary/aromatic N) is 2. The maximum atomic E-state index is 6.26. The summed E-state index contributed by atoms with van der Waals surface area (Å²) < 4.78 is 16.5. The van der Waals surface area contributed by atoms with Gasteiger partial charge in [-0.25, -0.2) is 0 Å². The van der Waals surface area contributed by atoms with Crippen LogP contribution >= 0.6 is 23.2 Å². The van der Waals surface area contributed by atoms with Crippen LogP contribution in [0.2, 0.25) is 10.0 Å². The highest BCUT2D eigenvalue weighted by atomic mass is 35.5. The molecule has 0 bridgehead atoms. The van der Waals surface area contributed by atoms with Gasteiger partial charge in [0.15, 0.2) is 0 Å². The van der Waals surface area contributed by atoms with Crippen LogP contribution in [0.25, 0.3) is 43.6 Å². The van der Waals surface area contributed by atoms with Gasteiger partial charge in [-0.2, -0.15) is 0 Å². The number of fused-ring (bicyclic) bond motifs is 6. The molecule has 6 rings (SSSR count). The van der Waals surface area contributed by atoms with E-state index in [9.17, 15) is 0 Å². The maximum Gasteiger partial charge on any atom is 0.0701 e. The van der Waals surface area contributed by atoms with E-state index in [2.05, 4.69) is 69.8 Å². The van der Waals surface area contributed by atoms with Gasteiger partial charge in [-0.3, -0.25) is 0 Å². The third-order valence-corrected chi connectivity index (χ3v) is 7.23. The smallest absolute Gasteiger partial charge is 0.0701 e. The topological polar surface area (TPSA) is 28.3 Å². The largest absolute Gasteiger partial charge is 0.377 e. The summed E-state index contributed by atoms with van der Waals surface area (Å²) in [4.78, 5) is 0. The van der Waals surface area contributed by atoms with Crippen LogP contribution in [0.3, 0.4) is 0 Å². The molecule has 0 aliphatic carbocycles. The quantitative estimate of drug-likeness (QED) is 0.182. The first-order valence-electron chi connectivity index (χ1n) is 12.2. The fourth-order valence-electron chi connectivity index (χ4n) is 5.17. The third kappa shape index (κ3) is 4.35. The third-order valence-electron chi connectivity index (χ3n) is 6.76. The van der Waals surface area contributed by atoms with Crippen LogP contribution in [-0.2, 0) is 22.6 Å². The summed E-state index contributed by atoms with van der Waals surface area (Å²) in [5, 5.41) is 6.21. The van der Waals surface area contributed by atoms with Crippen molar-refractivity contribution in [1.29, 1.82) is 0 Å². The van der Waals surface area contributed by atoms with Crippen LogP contribution in [0.5, 0.6) is 0 Å². The lowest BCUT2D eigenvalue weighted by Crippen LogP contribution is -2.12. The summed E-state index contributed by atoms with van der Waals surface area (Å²) in [6.45, 7) is 3.91. The maximum absolute atomic E-state index is 6.26. The Morgan fingerprint density at radius 3 is 1.36 bits per heavy atom. The first kappa shape index (κ1) is 23.4. The van der Waals surface area contributed by atoms with Crippen molar-refractivity contribution >= 4 is 66.8 Å². The minimum absolute atomic E-state index is 0.558. The molecule has 0 unspecified atom stereocenters. The Hall–Kier alpha value is -3.02. The monoisotopic (exact) mass is 516 g/mol. The zero-order chi connectivity index (χ0) is 24.5. The average Bonchev–Trinajstić information content (AvgIpc) is 3.38. The second-order valence-electron chi connectivity index (χ2n) is 8.89. The molecular weight excluding hydrogens is 491 g/mol. The van der Waals surface area contributed by atoms with Gasteiger partial charge in [-0.05, 0) is 48.5 Å². The first-order chi connectivity index (χ1) is 17.7. The molecule has 0 fully saturated rings. The van der Waals surface area contributed by atoms with Gasteiger partial charge in [0.1, 0.15) is 0 Å². The van der Waals surface area contributed by atoms with Crippen LogP contribution in [0.4, 0.5) is 0 Å². The molecule has 0 N–H and O–H groups in total. The van der Waals surface area contributed by atoms with Gasteiger partial charge in [0.25, 0.3) is 0 Å². The number of ether oxygens (including phenoxy) is 2. The van der Waals surface area contributed by atoms with Crippen LogP contribution < -0.4 is 0 Å². The molecule has 0 amide bonds. The zero-order valence-corrected chi connectivity index (χ0v) is 21.3. The summed E-state index contributed by atoms with van der Waals surface area (Å²) in [5.41, 5.74) is 4.74. The summed E-state index contributed by atoms with van der Waals surface area (Å²) >= 11 is 12.5. The molecule has 0 radical (unpaired) electrons. The van der Waals surface area contributed by atoms with E-state index in [4.69, 9.17) is 32.7 Å². The van der Waals surface area contributed by atoms with Crippen molar-refractivity contribution in [2.45, 2.75) is 13.1 Å². The van der Waals surface area contributed by atoms with Crippen molar-refractivity contribution in [2.75, 3.05) is 26.4 Å². The van der Waals surface area contributed by atoms with Crippen LogP contribution in [0.15, 0.2) is 84.9 Å². The molecule has 6 aromatic rings. The second-order valence-corrected chi connectivity index (χ2v) is 9.76. The normalized spacial score (nSPS) is 11.9. The molecule has 0 spiro atoms. The Bertz CT molecular complexity index is 1570. The minimum Gasteiger partial charge on any atom is -0.377 e. The molecule has 0 aliphatic heterocycles. The standard InChI is InChI=1S/C30H26Cl2N2O2/c31-21-9-11-29-25(19-21)26-20-22(32)10-12-30(26)34(29)14-16-36-18-17-35-15-13-33-27-7-3-1-5-23(27)24-6-2-4-8-28(24)33/h1-12,19-20H,13-18H2. The van der Waals surface area contributed by atoms with E-state index in [0.29, 0.717) is 26.4 Å². The number of halogens is 2. The van der Waals surface area contributed by atoms with E-state index in [-0.39, 0.29) is 0 Å². The van der Waals surface area contributed by atoms with Gasteiger partial charge < -0.3 is 18.6 Å². The summed E-state index contributed by atoms with van der Waals surface area (Å²) in [6.07, 6.45) is 0. The van der Waals surface area contributed by atoms with Gasteiger partial charge in [0.05, 0.1) is 26.4 Å². The molecule has 0 atom stereocenters. The fourth-order valence-corrected chi connectivity index (χ4v) is 5.51. The summed E-state index contributed by atoms with van der Waals surface area (Å²) in [6, 6.07) is 29.0. The number of rotatable bonds is 9. The van der Waals surface area contributed by atoms with Crippen molar-refractivity contribution in [1.82, 2.24) is 9.13 Å². The molecule has 0 saturated carbocycles. The Balaban J connectivity index is 1.04. The second kappa shape index (κ2) is 10.2. The molecule has 0 saturated heterocycles. The van der Waals surface area contributed by atoms with E-state index in [0.717, 1.165) is 44.9 Å². The lowest BCUT2D eigenvalue weighted by molar-refractivity contribution is 0.0431. The Morgan fingerprint density at radius 1 is 0.472 bits per heavy atom. The minimum atomic E-state index is 0.558. The van der Waals surface area contributed by atoms with Gasteiger partial charge >= 0.3 is 0 Å². The molecule has 0 aliphatic rings. The van der Waals surface area contributed by atoms with Gasteiger partial charge in [0, 0.05) is 66.7 Å². The van der Waals surface area contributed by atoms with Crippen LogP contribution in [0.1, 0.15) is 0 Å². The number of hydrogen-bond acceptors (Lipinski definition) is 2. The Labute approximate surface area is 219 Å². The number of hydrogen-bond donors (Lipinski definition) is 0. The predicted molar refractivity (Wildman–Crippen MR) is 151 cm³/mol. The van der Waals surface area contributed by atoms with Crippen molar-refractivity contribution in [3.63, 3.8) is 0 Å². The molecule has 4 nitrogen and oxygen atoms in total. The number of para-hydroxylation sites is 2. The lowest BCUT2D eigenvalue weighted by atomic mass is 10.1. The molecule has 6 heteroatoms. The highest BCUT2D eigenvalue weighted by molar-refractivity contribution is 6.33. The molecule has 2 heterocycles. The fraction of sp³-hybridized carbons (Fsp3) is 0.200. The zero-order valence-electron chi connectivity index (χ0n) is 19.8. The van der Waals surface area contributed by atoms with Crippen molar-refractivity contribution in [3.8, 4) is 0 Å². The van der Waals surface area contributed by atoms with Gasteiger partial charge in [0.2, 0.25) is 0 Å². The Kier molecular flexibility index (Phi) is 6.60. The van der Waals surface area contributed by atoms with E-state index in [1.807, 2.05) is 24.3 Å². The Morgan fingerprint density at radius 2 is 0.889 bits per heavy atom. The molecule has 182 valence electrons. The van der Waals surface area contributed by atoms with Crippen molar-refractivity contribution in [3.05, 3.63) is 95.0 Å². The SMILES string of the molecule is Clc1ccc2c(c1)c1cc(Cl)ccc1n2CCOCCOCCn1c2ccccc2c2ccccc21. The highest BCUT2D eigenvalue weighted by Crippen LogP contribution is 2.33. The highest BCUT2D eigenvalue weighted by Gasteiger charge is 2.12. The predicted octanol–water partition coefficient (Wildman–Crippen LogP) is 7.94. The van der Waals surface area contributed by atoms with Gasteiger partial charge in [-0.15, -0.1) is 0 Å². The van der Waals surface area contributed by atoms with E-state index in [1.54, 1.807) is 0 Å². The molecule has 36 heavy (non-hydrogen) atoms. The van der Waals surface area contributed by atoms with E-state index < -0.39 is 0 Å². The van der Waals surface area contributed by atoms with E-state index in [1.165, 1.54) is 21.8 Å². The first-order valence-corrected chi connectivity index (χ1v) is 12.9. The number of aromatic nitrogens is 2. The molecule has 4 aromatic carbocycles.